The SMILES string of the molecule is CO/C1=C/C23C=CC(=O)C=C2C2=C(C=[N+]1O)CCC(C2)C3. The molecule has 21 heavy (non-hydrogen) atoms. The van der Waals surface area contributed by atoms with Crippen LogP contribution in [0.5, 0.6) is 0 Å². The summed E-state index contributed by atoms with van der Waals surface area (Å²) in [4.78, 5) is 11.9. The van der Waals surface area contributed by atoms with Crippen LogP contribution in [-0.4, -0.2) is 29.1 Å². The molecule has 1 N–H and O–H groups in total. The minimum absolute atomic E-state index is 0.0466. The molecule has 0 radical (unpaired) electrons. The van der Waals surface area contributed by atoms with Gasteiger partial charge in [0, 0.05) is 21.8 Å². The van der Waals surface area contributed by atoms with Crippen LogP contribution in [0.25, 0.3) is 0 Å². The van der Waals surface area contributed by atoms with Crippen LogP contribution in [0.15, 0.2) is 46.9 Å². The molecule has 2 atom stereocenters. The Labute approximate surface area is 123 Å². The quantitative estimate of drug-likeness (QED) is 0.594. The van der Waals surface area contributed by atoms with Gasteiger partial charge in [0.15, 0.2) is 5.78 Å². The second kappa shape index (κ2) is 4.20. The topological polar surface area (TPSA) is 49.5 Å². The van der Waals surface area contributed by atoms with Crippen LogP contribution in [0.1, 0.15) is 25.7 Å². The summed E-state index contributed by atoms with van der Waals surface area (Å²) in [5.74, 6) is 1.09. The highest BCUT2D eigenvalue weighted by molar-refractivity contribution is 6.02. The number of carbonyl (C=O) groups excluding carboxylic acids is 1. The highest BCUT2D eigenvalue weighted by atomic mass is 16.6. The summed E-state index contributed by atoms with van der Waals surface area (Å²) in [6, 6.07) is 0. The standard InChI is InChI=1S/C17H18NO3/c1-21-16-9-17-5-4-13(19)7-15(17)14-6-11(8-17)2-3-12(14)10-18(16)20/h4-5,7,9-11,20H,2-3,6,8H2,1H3/q+1/b16-9+,18-10?. The first-order chi connectivity index (χ1) is 10.1. The monoisotopic (exact) mass is 284 g/mol. The number of fused-ring (bicyclic) bond motifs is 1. The first-order valence-corrected chi connectivity index (χ1v) is 7.39. The van der Waals surface area contributed by atoms with Crippen molar-refractivity contribution in [3.8, 4) is 0 Å². The lowest BCUT2D eigenvalue weighted by molar-refractivity contribution is -0.751. The first kappa shape index (κ1) is 12.6. The second-order valence-corrected chi connectivity index (χ2v) is 6.31. The maximum Gasteiger partial charge on any atom is 0.413 e. The zero-order valence-electron chi connectivity index (χ0n) is 12.0. The van der Waals surface area contributed by atoms with Crippen LogP contribution in [0.4, 0.5) is 0 Å². The molecule has 3 bridgehead atoms. The third-order valence-corrected chi connectivity index (χ3v) is 5.08. The van der Waals surface area contributed by atoms with E-state index in [-0.39, 0.29) is 11.2 Å². The van der Waals surface area contributed by atoms with Crippen molar-refractivity contribution in [1.29, 1.82) is 0 Å². The Hall–Kier alpha value is -2.10. The van der Waals surface area contributed by atoms with E-state index >= 15 is 0 Å². The number of nitrogens with zero attached hydrogens (tertiary/aromatic N) is 1. The third kappa shape index (κ3) is 1.75. The second-order valence-electron chi connectivity index (χ2n) is 6.31. The molecule has 0 saturated heterocycles. The summed E-state index contributed by atoms with van der Waals surface area (Å²) in [7, 11) is 1.55. The molecule has 108 valence electrons. The van der Waals surface area contributed by atoms with Gasteiger partial charge in [-0.3, -0.25) is 10.0 Å². The molecule has 0 aromatic carbocycles. The van der Waals surface area contributed by atoms with Gasteiger partial charge in [0.2, 0.25) is 6.21 Å². The lowest BCUT2D eigenvalue weighted by Crippen LogP contribution is -2.37. The Morgan fingerprint density at radius 3 is 3.14 bits per heavy atom. The van der Waals surface area contributed by atoms with Gasteiger partial charge < -0.3 is 4.74 Å². The molecule has 1 aliphatic heterocycles. The van der Waals surface area contributed by atoms with Gasteiger partial charge in [-0.05, 0) is 54.9 Å². The van der Waals surface area contributed by atoms with Crippen molar-refractivity contribution < 1.29 is 19.5 Å². The molecule has 3 aliphatic carbocycles. The number of ketones is 1. The van der Waals surface area contributed by atoms with E-state index in [1.54, 1.807) is 25.5 Å². The summed E-state index contributed by atoms with van der Waals surface area (Å²) < 4.78 is 6.42. The van der Waals surface area contributed by atoms with Crippen molar-refractivity contribution in [2.75, 3.05) is 7.11 Å². The zero-order chi connectivity index (χ0) is 14.6. The third-order valence-electron chi connectivity index (χ3n) is 5.08. The summed E-state index contributed by atoms with van der Waals surface area (Å²) >= 11 is 0. The van der Waals surface area contributed by atoms with Crippen molar-refractivity contribution in [2.45, 2.75) is 25.7 Å². The Kier molecular flexibility index (Phi) is 2.52. The van der Waals surface area contributed by atoms with Gasteiger partial charge in [-0.15, -0.1) is 0 Å². The molecule has 4 rings (SSSR count). The van der Waals surface area contributed by atoms with Crippen LogP contribution in [0.2, 0.25) is 0 Å². The van der Waals surface area contributed by atoms with Gasteiger partial charge >= 0.3 is 5.88 Å². The molecular weight excluding hydrogens is 266 g/mol. The van der Waals surface area contributed by atoms with Gasteiger partial charge in [0.05, 0.1) is 7.11 Å². The van der Waals surface area contributed by atoms with E-state index in [1.807, 2.05) is 12.2 Å². The number of carbonyl (C=O) groups is 1. The largest absolute Gasteiger partial charge is 0.445 e. The fraction of sp³-hybridized carbons (Fsp3) is 0.412. The predicted octanol–water partition coefficient (Wildman–Crippen LogP) is 2.51. The molecule has 0 aromatic rings. The predicted molar refractivity (Wildman–Crippen MR) is 76.8 cm³/mol. The molecule has 1 saturated carbocycles. The van der Waals surface area contributed by atoms with Crippen LogP contribution < -0.4 is 0 Å². The Morgan fingerprint density at radius 1 is 1.48 bits per heavy atom. The summed E-state index contributed by atoms with van der Waals surface area (Å²) in [6.45, 7) is 0. The van der Waals surface area contributed by atoms with Crippen LogP contribution >= 0.6 is 0 Å². The summed E-state index contributed by atoms with van der Waals surface area (Å²) in [5, 5.41) is 10.2. The molecule has 4 aliphatic rings. The van der Waals surface area contributed by atoms with E-state index < -0.39 is 0 Å². The number of hydrogen-bond donors (Lipinski definition) is 1. The summed E-state index contributed by atoms with van der Waals surface area (Å²) in [6.07, 6.45) is 13.1. The maximum absolute atomic E-state index is 11.9. The Morgan fingerprint density at radius 2 is 2.33 bits per heavy atom. The van der Waals surface area contributed by atoms with Gasteiger partial charge in [-0.2, -0.15) is 0 Å². The van der Waals surface area contributed by atoms with Gasteiger partial charge in [-0.1, -0.05) is 6.08 Å². The van der Waals surface area contributed by atoms with E-state index in [2.05, 4.69) is 0 Å². The molecule has 0 spiro atoms. The van der Waals surface area contributed by atoms with Gasteiger partial charge in [0.25, 0.3) is 0 Å². The molecule has 2 unspecified atom stereocenters. The van der Waals surface area contributed by atoms with Crippen molar-refractivity contribution in [2.24, 2.45) is 11.3 Å². The van der Waals surface area contributed by atoms with Crippen LogP contribution in [0.3, 0.4) is 0 Å². The van der Waals surface area contributed by atoms with E-state index in [0.717, 1.165) is 41.6 Å². The molecule has 1 heterocycles. The minimum atomic E-state index is -0.321. The number of hydrogen-bond acceptors (Lipinski definition) is 3. The van der Waals surface area contributed by atoms with Crippen molar-refractivity contribution in [1.82, 2.24) is 0 Å². The molecule has 4 heteroatoms. The van der Waals surface area contributed by atoms with E-state index in [4.69, 9.17) is 4.74 Å². The Balaban J connectivity index is 2.04. The average Bonchev–Trinajstić information content (AvgIpc) is 2.48. The fourth-order valence-corrected chi connectivity index (χ4v) is 4.14. The molecular formula is C17H18NO3+. The zero-order valence-corrected chi connectivity index (χ0v) is 12.0. The smallest absolute Gasteiger partial charge is 0.413 e. The van der Waals surface area contributed by atoms with E-state index in [1.165, 1.54) is 5.57 Å². The summed E-state index contributed by atoms with van der Waals surface area (Å²) in [5.41, 5.74) is 3.13. The average molecular weight is 284 g/mol. The van der Waals surface area contributed by atoms with Crippen molar-refractivity contribution in [3.05, 3.63) is 46.9 Å². The number of ether oxygens (including phenoxy) is 1. The molecule has 0 aromatic heterocycles. The highest BCUT2D eigenvalue weighted by Gasteiger charge is 2.46. The molecule has 0 amide bonds. The van der Waals surface area contributed by atoms with Gasteiger partial charge in [-0.25, -0.2) is 0 Å². The van der Waals surface area contributed by atoms with E-state index in [9.17, 15) is 10.0 Å². The van der Waals surface area contributed by atoms with Gasteiger partial charge in [0.1, 0.15) is 0 Å². The minimum Gasteiger partial charge on any atom is -0.445 e. The Bertz CT molecular complexity index is 693. The maximum atomic E-state index is 11.9. The number of hydroxylamine groups is 1. The van der Waals surface area contributed by atoms with Crippen LogP contribution in [-0.2, 0) is 9.53 Å². The first-order valence-electron chi connectivity index (χ1n) is 7.39. The number of rotatable bonds is 1. The van der Waals surface area contributed by atoms with Crippen molar-refractivity contribution >= 4 is 12.0 Å². The van der Waals surface area contributed by atoms with Crippen molar-refractivity contribution in [3.63, 3.8) is 0 Å². The lowest BCUT2D eigenvalue weighted by atomic mass is 9.58. The molecule has 1 fully saturated rings. The lowest BCUT2D eigenvalue weighted by Gasteiger charge is -2.44. The molecule has 4 nitrogen and oxygen atoms in total. The fourth-order valence-electron chi connectivity index (χ4n) is 4.14. The van der Waals surface area contributed by atoms with E-state index in [0.29, 0.717) is 11.8 Å². The highest BCUT2D eigenvalue weighted by Crippen LogP contribution is 2.55. The van der Waals surface area contributed by atoms with Crippen LogP contribution in [0, 0.1) is 11.3 Å². The number of methoxy groups -OCH3 is 1. The normalized spacial score (nSPS) is 36.1. The number of allylic oxidation sites excluding steroid dienone is 7.